The van der Waals surface area contributed by atoms with Gasteiger partial charge in [-0.2, -0.15) is 0 Å². The van der Waals surface area contributed by atoms with Crippen LogP contribution in [0.1, 0.15) is 35.1 Å². The zero-order valence-corrected chi connectivity index (χ0v) is 15.5. The second-order valence-corrected chi connectivity index (χ2v) is 6.98. The SMILES string of the molecule is COc1ccc(-c2ccc(C(=O)N[C@H](c3ccccn3)C3CC(O)C3)o2)cc1. The number of carbonyl (C=O) groups is 1. The van der Waals surface area contributed by atoms with E-state index in [4.69, 9.17) is 9.15 Å². The van der Waals surface area contributed by atoms with Crippen LogP contribution in [0.5, 0.6) is 5.75 Å². The maximum absolute atomic E-state index is 12.8. The van der Waals surface area contributed by atoms with Crippen LogP contribution in [0.3, 0.4) is 0 Å². The van der Waals surface area contributed by atoms with Crippen molar-refractivity contribution in [3.63, 3.8) is 0 Å². The van der Waals surface area contributed by atoms with Gasteiger partial charge in [0.15, 0.2) is 5.76 Å². The predicted molar refractivity (Wildman–Crippen MR) is 104 cm³/mol. The number of rotatable bonds is 6. The van der Waals surface area contributed by atoms with Gasteiger partial charge in [0.25, 0.3) is 5.91 Å². The number of aliphatic hydroxyl groups is 1. The highest BCUT2D eigenvalue weighted by Gasteiger charge is 2.36. The lowest BCUT2D eigenvalue weighted by Crippen LogP contribution is -2.41. The normalized spacial score (nSPS) is 19.5. The molecular weight excluding hydrogens is 356 g/mol. The summed E-state index contributed by atoms with van der Waals surface area (Å²) in [7, 11) is 1.61. The summed E-state index contributed by atoms with van der Waals surface area (Å²) in [6.07, 6.45) is 2.70. The molecule has 1 saturated carbocycles. The molecule has 6 nitrogen and oxygen atoms in total. The van der Waals surface area contributed by atoms with Gasteiger partial charge in [0, 0.05) is 11.8 Å². The molecule has 1 amide bonds. The van der Waals surface area contributed by atoms with Crippen LogP contribution in [-0.2, 0) is 0 Å². The van der Waals surface area contributed by atoms with Crippen LogP contribution in [0, 0.1) is 5.92 Å². The van der Waals surface area contributed by atoms with Gasteiger partial charge in [-0.1, -0.05) is 6.07 Å². The Labute approximate surface area is 163 Å². The lowest BCUT2D eigenvalue weighted by molar-refractivity contribution is 0.0225. The van der Waals surface area contributed by atoms with Crippen molar-refractivity contribution in [2.24, 2.45) is 5.92 Å². The van der Waals surface area contributed by atoms with Crippen LogP contribution in [-0.4, -0.2) is 29.2 Å². The molecule has 1 aliphatic carbocycles. The van der Waals surface area contributed by atoms with Gasteiger partial charge in [0.05, 0.1) is 24.9 Å². The average Bonchev–Trinajstić information content (AvgIpc) is 3.21. The minimum absolute atomic E-state index is 0.157. The van der Waals surface area contributed by atoms with E-state index in [2.05, 4.69) is 10.3 Å². The van der Waals surface area contributed by atoms with Gasteiger partial charge >= 0.3 is 0 Å². The second kappa shape index (κ2) is 7.86. The number of amides is 1. The van der Waals surface area contributed by atoms with Gasteiger partial charge in [-0.25, -0.2) is 0 Å². The number of methoxy groups -OCH3 is 1. The number of nitrogens with one attached hydrogen (secondary N) is 1. The van der Waals surface area contributed by atoms with Crippen molar-refractivity contribution in [3.05, 3.63) is 72.2 Å². The number of ether oxygens (including phenoxy) is 1. The number of nitrogens with zero attached hydrogens (tertiary/aromatic N) is 1. The fourth-order valence-corrected chi connectivity index (χ4v) is 3.48. The lowest BCUT2D eigenvalue weighted by Gasteiger charge is -2.37. The molecule has 144 valence electrons. The van der Waals surface area contributed by atoms with Gasteiger partial charge < -0.3 is 19.6 Å². The first-order valence-electron chi connectivity index (χ1n) is 9.28. The average molecular weight is 378 g/mol. The Morgan fingerprint density at radius 1 is 1.18 bits per heavy atom. The van der Waals surface area contributed by atoms with Crippen LogP contribution in [0.15, 0.2) is 65.2 Å². The molecule has 0 saturated heterocycles. The van der Waals surface area contributed by atoms with Crippen molar-refractivity contribution in [3.8, 4) is 17.1 Å². The first kappa shape index (κ1) is 18.3. The van der Waals surface area contributed by atoms with Gasteiger partial charge in [-0.05, 0) is 67.3 Å². The summed E-state index contributed by atoms with van der Waals surface area (Å²) in [5.41, 5.74) is 1.65. The Hall–Kier alpha value is -3.12. The van der Waals surface area contributed by atoms with E-state index in [-0.39, 0.29) is 29.7 Å². The molecule has 0 spiro atoms. The monoisotopic (exact) mass is 378 g/mol. The van der Waals surface area contributed by atoms with Crippen LogP contribution in [0.2, 0.25) is 0 Å². The number of benzene rings is 1. The molecule has 28 heavy (non-hydrogen) atoms. The smallest absolute Gasteiger partial charge is 0.287 e. The van der Waals surface area contributed by atoms with Crippen molar-refractivity contribution < 1.29 is 19.1 Å². The largest absolute Gasteiger partial charge is 0.497 e. The third-order valence-electron chi connectivity index (χ3n) is 5.12. The standard InChI is InChI=1S/C22H22N2O4/c1-27-17-7-5-14(6-8-17)19-9-10-20(28-19)22(26)24-21(15-12-16(25)13-15)18-4-2-3-11-23-18/h2-11,15-16,21,25H,12-13H2,1H3,(H,24,26)/t15?,16?,21-/m0/s1. The predicted octanol–water partition coefficient (Wildman–Crippen LogP) is 3.59. The molecule has 0 radical (unpaired) electrons. The Bertz CT molecular complexity index is 931. The molecule has 0 aliphatic heterocycles. The second-order valence-electron chi connectivity index (χ2n) is 6.98. The quantitative estimate of drug-likeness (QED) is 0.685. The van der Waals surface area contributed by atoms with Crippen LogP contribution in [0.4, 0.5) is 0 Å². The molecule has 1 aromatic carbocycles. The number of aromatic nitrogens is 1. The topological polar surface area (TPSA) is 84.6 Å². The van der Waals surface area contributed by atoms with E-state index < -0.39 is 0 Å². The van der Waals surface area contributed by atoms with Crippen molar-refractivity contribution in [2.45, 2.75) is 25.0 Å². The van der Waals surface area contributed by atoms with E-state index in [1.54, 1.807) is 25.4 Å². The molecule has 2 N–H and O–H groups in total. The van der Waals surface area contributed by atoms with E-state index in [0.717, 1.165) is 17.0 Å². The molecule has 2 aromatic heterocycles. The summed E-state index contributed by atoms with van der Waals surface area (Å²) in [4.78, 5) is 17.2. The number of hydrogen-bond donors (Lipinski definition) is 2. The van der Waals surface area contributed by atoms with Gasteiger partial charge in [-0.3, -0.25) is 9.78 Å². The Morgan fingerprint density at radius 2 is 1.96 bits per heavy atom. The highest BCUT2D eigenvalue weighted by Crippen LogP contribution is 2.37. The Kier molecular flexibility index (Phi) is 5.12. The van der Waals surface area contributed by atoms with Crippen molar-refractivity contribution >= 4 is 5.91 Å². The molecule has 2 heterocycles. The lowest BCUT2D eigenvalue weighted by atomic mass is 9.76. The molecule has 1 fully saturated rings. The van der Waals surface area contributed by atoms with Crippen molar-refractivity contribution in [1.29, 1.82) is 0 Å². The molecule has 6 heteroatoms. The fourth-order valence-electron chi connectivity index (χ4n) is 3.48. The minimum Gasteiger partial charge on any atom is -0.497 e. The third kappa shape index (κ3) is 3.77. The minimum atomic E-state index is -0.307. The van der Waals surface area contributed by atoms with Crippen LogP contribution in [0.25, 0.3) is 11.3 Å². The van der Waals surface area contributed by atoms with Gasteiger partial charge in [-0.15, -0.1) is 0 Å². The number of pyridine rings is 1. The van der Waals surface area contributed by atoms with E-state index in [0.29, 0.717) is 18.6 Å². The highest BCUT2D eigenvalue weighted by molar-refractivity contribution is 5.92. The van der Waals surface area contributed by atoms with Crippen LogP contribution < -0.4 is 10.1 Å². The summed E-state index contributed by atoms with van der Waals surface area (Å²) in [5.74, 6) is 1.48. The molecule has 0 bridgehead atoms. The summed E-state index contributed by atoms with van der Waals surface area (Å²) in [6.45, 7) is 0. The highest BCUT2D eigenvalue weighted by atomic mass is 16.5. The van der Waals surface area contributed by atoms with Gasteiger partial charge in [0.2, 0.25) is 0 Å². The number of aliphatic hydroxyl groups excluding tert-OH is 1. The van der Waals surface area contributed by atoms with Crippen LogP contribution >= 0.6 is 0 Å². The van der Waals surface area contributed by atoms with Gasteiger partial charge in [0.1, 0.15) is 11.5 Å². The summed E-state index contributed by atoms with van der Waals surface area (Å²) >= 11 is 0. The Morgan fingerprint density at radius 3 is 2.61 bits per heavy atom. The van der Waals surface area contributed by atoms with E-state index in [1.807, 2.05) is 42.5 Å². The first-order valence-corrected chi connectivity index (χ1v) is 9.28. The first-order chi connectivity index (χ1) is 13.6. The Balaban J connectivity index is 1.51. The third-order valence-corrected chi connectivity index (χ3v) is 5.12. The number of carbonyl (C=O) groups excluding carboxylic acids is 1. The maximum atomic E-state index is 12.8. The van der Waals surface area contributed by atoms with Crippen molar-refractivity contribution in [1.82, 2.24) is 10.3 Å². The fraction of sp³-hybridized carbons (Fsp3) is 0.273. The maximum Gasteiger partial charge on any atom is 0.287 e. The molecule has 1 aliphatic rings. The molecule has 0 unspecified atom stereocenters. The molecular formula is C22H22N2O4. The number of furan rings is 1. The van der Waals surface area contributed by atoms with Crippen molar-refractivity contribution in [2.75, 3.05) is 7.11 Å². The summed E-state index contributed by atoms with van der Waals surface area (Å²) in [6, 6.07) is 16.3. The zero-order valence-electron chi connectivity index (χ0n) is 15.5. The summed E-state index contributed by atoms with van der Waals surface area (Å²) in [5, 5.41) is 12.7. The molecule has 3 aromatic rings. The van der Waals surface area contributed by atoms with E-state index >= 15 is 0 Å². The molecule has 1 atom stereocenters. The van der Waals surface area contributed by atoms with E-state index in [9.17, 15) is 9.90 Å². The van der Waals surface area contributed by atoms with E-state index in [1.165, 1.54) is 0 Å². The number of hydrogen-bond acceptors (Lipinski definition) is 5. The molecule has 4 rings (SSSR count). The summed E-state index contributed by atoms with van der Waals surface area (Å²) < 4.78 is 10.9. The zero-order chi connectivity index (χ0) is 19.5.